The van der Waals surface area contributed by atoms with Gasteiger partial charge in [0, 0.05) is 22.0 Å². The largest absolute Gasteiger partial charge is 0.270 e. The molecule has 0 saturated heterocycles. The van der Waals surface area contributed by atoms with E-state index < -0.39 is 0 Å². The van der Waals surface area contributed by atoms with E-state index in [0.29, 0.717) is 0 Å². The zero-order valence-electron chi connectivity index (χ0n) is 18.3. The Hall–Kier alpha value is -2.56. The summed E-state index contributed by atoms with van der Waals surface area (Å²) in [6.45, 7) is 8.76. The molecule has 1 heterocycles. The third-order valence-corrected chi connectivity index (χ3v) is 6.60. The van der Waals surface area contributed by atoms with Crippen LogP contribution in [0, 0.1) is 6.92 Å². The Kier molecular flexibility index (Phi) is 6.22. The van der Waals surface area contributed by atoms with Gasteiger partial charge in [0.05, 0.1) is 0 Å². The molecule has 0 amide bonds. The fourth-order valence-electron chi connectivity index (χ4n) is 3.35. The van der Waals surface area contributed by atoms with Gasteiger partial charge in [-0.2, -0.15) is 0 Å². The number of aryl methyl sites for hydroxylation is 1. The lowest BCUT2D eigenvalue weighted by molar-refractivity contribution is 0.590. The van der Waals surface area contributed by atoms with Crippen LogP contribution >= 0.6 is 23.4 Å². The van der Waals surface area contributed by atoms with E-state index in [2.05, 4.69) is 91.0 Å². The first kappa shape index (κ1) is 21.7. The Balaban J connectivity index is 1.73. The number of nitrogens with zero attached hydrogens (tertiary/aromatic N) is 3. The van der Waals surface area contributed by atoms with E-state index in [-0.39, 0.29) is 5.41 Å². The summed E-state index contributed by atoms with van der Waals surface area (Å²) >= 11 is 8.00. The van der Waals surface area contributed by atoms with Crippen LogP contribution in [0.1, 0.15) is 37.5 Å². The Bertz CT molecular complexity index is 1170. The molecule has 3 nitrogen and oxygen atoms in total. The van der Waals surface area contributed by atoms with Crippen LogP contribution in [-0.4, -0.2) is 14.8 Å². The highest BCUT2D eigenvalue weighted by Crippen LogP contribution is 2.32. The van der Waals surface area contributed by atoms with Crippen LogP contribution in [0.25, 0.3) is 17.1 Å². The van der Waals surface area contributed by atoms with Crippen LogP contribution in [0.4, 0.5) is 0 Å². The molecule has 0 aliphatic rings. The zero-order chi connectivity index (χ0) is 22.0. The number of benzene rings is 3. The number of hydrogen-bond donors (Lipinski definition) is 0. The smallest absolute Gasteiger partial charge is 0.196 e. The van der Waals surface area contributed by atoms with Gasteiger partial charge in [-0.25, -0.2) is 0 Å². The lowest BCUT2D eigenvalue weighted by Gasteiger charge is -2.19. The molecular weight excluding hydrogens is 422 g/mol. The molecule has 4 aromatic rings. The van der Waals surface area contributed by atoms with Gasteiger partial charge in [-0.15, -0.1) is 10.2 Å². The highest BCUT2D eigenvalue weighted by Gasteiger charge is 2.18. The first-order valence-corrected chi connectivity index (χ1v) is 11.7. The molecule has 0 fully saturated rings. The van der Waals surface area contributed by atoms with Crippen LogP contribution in [-0.2, 0) is 11.2 Å². The lowest BCUT2D eigenvalue weighted by Crippen LogP contribution is -2.10. The number of thioether (sulfide) groups is 1. The second-order valence-corrected chi connectivity index (χ2v) is 10.0. The first-order chi connectivity index (χ1) is 14.8. The molecule has 0 N–H and O–H groups in total. The molecule has 0 radical (unpaired) electrons. The van der Waals surface area contributed by atoms with Crippen LogP contribution in [0.15, 0.2) is 78.0 Å². The van der Waals surface area contributed by atoms with E-state index in [4.69, 9.17) is 11.6 Å². The Morgan fingerprint density at radius 3 is 2.19 bits per heavy atom. The fraction of sp³-hybridized carbons (Fsp3) is 0.231. The quantitative estimate of drug-likeness (QED) is 0.297. The second kappa shape index (κ2) is 8.89. The van der Waals surface area contributed by atoms with Crippen molar-refractivity contribution in [2.45, 2.75) is 44.0 Å². The monoisotopic (exact) mass is 447 g/mol. The number of halogens is 1. The summed E-state index contributed by atoms with van der Waals surface area (Å²) in [5.41, 5.74) is 5.81. The average molecular weight is 448 g/mol. The maximum atomic E-state index is 6.36. The minimum Gasteiger partial charge on any atom is -0.270 e. The van der Waals surface area contributed by atoms with Crippen molar-refractivity contribution in [3.8, 4) is 17.1 Å². The lowest BCUT2D eigenvalue weighted by atomic mass is 9.87. The fourth-order valence-corrected chi connectivity index (χ4v) is 4.59. The van der Waals surface area contributed by atoms with Gasteiger partial charge in [-0.05, 0) is 41.7 Å². The molecular formula is C26H26ClN3S. The van der Waals surface area contributed by atoms with Gasteiger partial charge < -0.3 is 0 Å². The summed E-state index contributed by atoms with van der Waals surface area (Å²) in [5, 5.41) is 10.7. The Labute approximate surface area is 193 Å². The third kappa shape index (κ3) is 4.86. The van der Waals surface area contributed by atoms with Gasteiger partial charge >= 0.3 is 0 Å². The molecule has 0 spiro atoms. The Morgan fingerprint density at radius 1 is 0.871 bits per heavy atom. The summed E-state index contributed by atoms with van der Waals surface area (Å²) in [5.74, 6) is 1.57. The van der Waals surface area contributed by atoms with Gasteiger partial charge in [0.1, 0.15) is 0 Å². The van der Waals surface area contributed by atoms with E-state index in [1.807, 2.05) is 24.3 Å². The summed E-state index contributed by atoms with van der Waals surface area (Å²) < 4.78 is 2.13. The third-order valence-electron chi connectivity index (χ3n) is 5.25. The minimum atomic E-state index is 0.110. The number of aromatic nitrogens is 3. The predicted molar refractivity (Wildman–Crippen MR) is 131 cm³/mol. The summed E-state index contributed by atoms with van der Waals surface area (Å²) in [6.07, 6.45) is 0. The van der Waals surface area contributed by atoms with E-state index >= 15 is 0 Å². The van der Waals surface area contributed by atoms with Crippen LogP contribution in [0.3, 0.4) is 0 Å². The SMILES string of the molecule is Cc1ccc(-n2c(SCc3ccccc3Cl)nnc2-c2ccc(C(C)(C)C)cc2)cc1. The molecule has 0 bridgehead atoms. The standard InChI is InChI=1S/C26H26ClN3S/c1-18-9-15-22(16-10-18)30-24(19-11-13-21(14-12-19)26(2,3)4)28-29-25(30)31-17-20-7-5-6-8-23(20)27/h5-16H,17H2,1-4H3. The number of rotatable bonds is 5. The van der Waals surface area contributed by atoms with E-state index in [9.17, 15) is 0 Å². The summed E-state index contributed by atoms with van der Waals surface area (Å²) in [6, 6.07) is 25.0. The predicted octanol–water partition coefficient (Wildman–Crippen LogP) is 7.49. The van der Waals surface area contributed by atoms with Crippen LogP contribution in [0.2, 0.25) is 5.02 Å². The maximum absolute atomic E-state index is 6.36. The van der Waals surface area contributed by atoms with Crippen molar-refractivity contribution in [3.63, 3.8) is 0 Å². The molecule has 5 heteroatoms. The molecule has 0 aliphatic carbocycles. The van der Waals surface area contributed by atoms with E-state index in [0.717, 1.165) is 38.6 Å². The summed E-state index contributed by atoms with van der Waals surface area (Å²) in [7, 11) is 0. The van der Waals surface area contributed by atoms with Gasteiger partial charge in [-0.1, -0.05) is 104 Å². The van der Waals surface area contributed by atoms with E-state index in [1.54, 1.807) is 11.8 Å². The van der Waals surface area contributed by atoms with Crippen molar-refractivity contribution in [3.05, 3.63) is 94.5 Å². The van der Waals surface area contributed by atoms with Crippen molar-refractivity contribution in [2.24, 2.45) is 0 Å². The van der Waals surface area contributed by atoms with Crippen LogP contribution < -0.4 is 0 Å². The molecule has 0 unspecified atom stereocenters. The highest BCUT2D eigenvalue weighted by atomic mass is 35.5. The minimum absolute atomic E-state index is 0.110. The summed E-state index contributed by atoms with van der Waals surface area (Å²) in [4.78, 5) is 0. The molecule has 0 saturated carbocycles. The normalized spacial score (nSPS) is 11.6. The van der Waals surface area contributed by atoms with Crippen molar-refractivity contribution < 1.29 is 0 Å². The van der Waals surface area contributed by atoms with Gasteiger partial charge in [0.2, 0.25) is 0 Å². The topological polar surface area (TPSA) is 30.7 Å². The molecule has 0 atom stereocenters. The molecule has 0 aliphatic heterocycles. The van der Waals surface area contributed by atoms with Gasteiger partial charge in [-0.3, -0.25) is 4.57 Å². The highest BCUT2D eigenvalue weighted by molar-refractivity contribution is 7.98. The molecule has 158 valence electrons. The van der Waals surface area contributed by atoms with Gasteiger partial charge in [0.15, 0.2) is 11.0 Å². The van der Waals surface area contributed by atoms with Gasteiger partial charge in [0.25, 0.3) is 0 Å². The van der Waals surface area contributed by atoms with Crippen molar-refractivity contribution >= 4 is 23.4 Å². The zero-order valence-corrected chi connectivity index (χ0v) is 19.8. The average Bonchev–Trinajstić information content (AvgIpc) is 3.17. The first-order valence-electron chi connectivity index (χ1n) is 10.3. The molecule has 4 rings (SSSR count). The van der Waals surface area contributed by atoms with E-state index in [1.165, 1.54) is 11.1 Å². The second-order valence-electron chi connectivity index (χ2n) is 8.68. The molecule has 1 aromatic heterocycles. The molecule has 3 aromatic carbocycles. The maximum Gasteiger partial charge on any atom is 0.196 e. The van der Waals surface area contributed by atoms with Crippen LogP contribution in [0.5, 0.6) is 0 Å². The Morgan fingerprint density at radius 2 is 1.55 bits per heavy atom. The van der Waals surface area contributed by atoms with Crippen molar-refractivity contribution in [1.29, 1.82) is 0 Å². The van der Waals surface area contributed by atoms with Crippen molar-refractivity contribution in [1.82, 2.24) is 14.8 Å². The van der Waals surface area contributed by atoms with Crippen molar-refractivity contribution in [2.75, 3.05) is 0 Å². The number of hydrogen-bond acceptors (Lipinski definition) is 3. The molecule has 31 heavy (non-hydrogen) atoms.